The van der Waals surface area contributed by atoms with Crippen LogP contribution in [0.2, 0.25) is 0 Å². The minimum absolute atomic E-state index is 0.00720. The lowest BCUT2D eigenvalue weighted by atomic mass is 9.91. The van der Waals surface area contributed by atoms with Gasteiger partial charge in [0.15, 0.2) is 0 Å². The van der Waals surface area contributed by atoms with Crippen molar-refractivity contribution < 1.29 is 9.90 Å². The topological polar surface area (TPSA) is 66.6 Å². The summed E-state index contributed by atoms with van der Waals surface area (Å²) >= 11 is 0. The molecule has 1 aliphatic rings. The number of phenols is 1. The molecule has 0 heterocycles. The van der Waals surface area contributed by atoms with Crippen LogP contribution in [0.4, 0.5) is 0 Å². The Morgan fingerprint density at radius 1 is 1.44 bits per heavy atom. The van der Waals surface area contributed by atoms with Crippen LogP contribution in [0.25, 0.3) is 0 Å². The minimum atomic E-state index is -0.500. The number of likely N-dealkylation sites (N-methyl/N-ethyl adjacent to an activating group) is 1. The Morgan fingerprint density at radius 3 is 2.56 bits per heavy atom. The lowest BCUT2D eigenvalue weighted by Crippen LogP contribution is -2.49. The molecule has 0 unspecified atom stereocenters. The molecule has 4 nitrogen and oxygen atoms in total. The second-order valence-corrected chi connectivity index (χ2v) is 5.01. The fourth-order valence-corrected chi connectivity index (χ4v) is 2.19. The fraction of sp³-hybridized carbons (Fsp3) is 0.500. The third-order valence-corrected chi connectivity index (χ3v) is 3.68. The van der Waals surface area contributed by atoms with Crippen molar-refractivity contribution in [2.75, 3.05) is 7.05 Å². The average molecular weight is 248 g/mol. The zero-order valence-electron chi connectivity index (χ0n) is 10.7. The van der Waals surface area contributed by atoms with Crippen LogP contribution in [0.15, 0.2) is 24.3 Å². The predicted molar refractivity (Wildman–Crippen MR) is 70.2 cm³/mol. The third-order valence-electron chi connectivity index (χ3n) is 3.68. The van der Waals surface area contributed by atoms with Crippen molar-refractivity contribution in [3.8, 4) is 5.75 Å². The maximum absolute atomic E-state index is 12.1. The second-order valence-electron chi connectivity index (χ2n) is 5.01. The molecule has 1 amide bonds. The fourth-order valence-electron chi connectivity index (χ4n) is 2.19. The SMILES string of the molecule is CN(C(=O)[C@H](N)Cc1ccc(O)cc1)C1CCC1. The summed E-state index contributed by atoms with van der Waals surface area (Å²) in [5.74, 6) is 0.234. The van der Waals surface area contributed by atoms with E-state index in [1.807, 2.05) is 7.05 Å². The molecule has 1 atom stereocenters. The standard InChI is InChI=1S/C14H20N2O2/c1-16(11-3-2-4-11)14(18)13(15)9-10-5-7-12(17)8-6-10/h5-8,11,13,17H,2-4,9,15H2,1H3/t13-/m1/s1. The van der Waals surface area contributed by atoms with E-state index in [1.165, 1.54) is 6.42 Å². The second kappa shape index (κ2) is 5.40. The van der Waals surface area contributed by atoms with Crippen LogP contribution in [0.5, 0.6) is 5.75 Å². The van der Waals surface area contributed by atoms with E-state index < -0.39 is 6.04 Å². The Morgan fingerprint density at radius 2 is 2.06 bits per heavy atom. The zero-order chi connectivity index (χ0) is 13.1. The number of hydrogen-bond acceptors (Lipinski definition) is 3. The van der Waals surface area contributed by atoms with Gasteiger partial charge in [-0.25, -0.2) is 0 Å². The molecule has 98 valence electrons. The van der Waals surface area contributed by atoms with Crippen LogP contribution in [0, 0.1) is 0 Å². The Hall–Kier alpha value is -1.55. The van der Waals surface area contributed by atoms with Gasteiger partial charge < -0.3 is 15.7 Å². The summed E-state index contributed by atoms with van der Waals surface area (Å²) in [6, 6.07) is 6.70. The Labute approximate surface area is 107 Å². The van der Waals surface area contributed by atoms with E-state index >= 15 is 0 Å². The first kappa shape index (κ1) is 12.9. The molecule has 4 heteroatoms. The number of amides is 1. The van der Waals surface area contributed by atoms with Gasteiger partial charge in [0.25, 0.3) is 0 Å². The van der Waals surface area contributed by atoms with E-state index in [0.717, 1.165) is 18.4 Å². The van der Waals surface area contributed by atoms with Gasteiger partial charge in [0.2, 0.25) is 5.91 Å². The summed E-state index contributed by atoms with van der Waals surface area (Å²) in [6.45, 7) is 0. The van der Waals surface area contributed by atoms with Crippen molar-refractivity contribution in [3.05, 3.63) is 29.8 Å². The molecule has 0 saturated heterocycles. The molecular formula is C14H20N2O2. The van der Waals surface area contributed by atoms with E-state index in [0.29, 0.717) is 12.5 Å². The summed E-state index contributed by atoms with van der Waals surface area (Å²) in [5, 5.41) is 9.19. The highest BCUT2D eigenvalue weighted by molar-refractivity contribution is 5.82. The van der Waals surface area contributed by atoms with Gasteiger partial charge >= 0.3 is 0 Å². The molecule has 18 heavy (non-hydrogen) atoms. The Kier molecular flexibility index (Phi) is 3.87. The van der Waals surface area contributed by atoms with Gasteiger partial charge in [-0.1, -0.05) is 12.1 Å². The quantitative estimate of drug-likeness (QED) is 0.843. The highest BCUT2D eigenvalue weighted by Crippen LogP contribution is 2.24. The smallest absolute Gasteiger partial charge is 0.239 e. The van der Waals surface area contributed by atoms with Gasteiger partial charge in [-0.15, -0.1) is 0 Å². The van der Waals surface area contributed by atoms with Crippen molar-refractivity contribution in [3.63, 3.8) is 0 Å². The largest absolute Gasteiger partial charge is 0.508 e. The number of benzene rings is 1. The minimum Gasteiger partial charge on any atom is -0.508 e. The van der Waals surface area contributed by atoms with E-state index in [4.69, 9.17) is 5.73 Å². The van der Waals surface area contributed by atoms with E-state index in [9.17, 15) is 9.90 Å². The van der Waals surface area contributed by atoms with E-state index in [-0.39, 0.29) is 11.7 Å². The molecule has 2 rings (SSSR count). The first-order chi connectivity index (χ1) is 8.58. The number of carbonyl (C=O) groups excluding carboxylic acids is 1. The van der Waals surface area contributed by atoms with Crippen molar-refractivity contribution in [1.82, 2.24) is 4.90 Å². The molecule has 1 aromatic carbocycles. The number of hydrogen-bond donors (Lipinski definition) is 2. The molecule has 1 fully saturated rings. The molecule has 0 aromatic heterocycles. The number of carbonyl (C=O) groups is 1. The van der Waals surface area contributed by atoms with E-state index in [1.54, 1.807) is 29.2 Å². The number of nitrogens with two attached hydrogens (primary N) is 1. The monoisotopic (exact) mass is 248 g/mol. The maximum Gasteiger partial charge on any atom is 0.239 e. The first-order valence-electron chi connectivity index (χ1n) is 6.38. The van der Waals surface area contributed by atoms with Crippen molar-refractivity contribution in [1.29, 1.82) is 0 Å². The van der Waals surface area contributed by atoms with Crippen LogP contribution < -0.4 is 5.73 Å². The van der Waals surface area contributed by atoms with Crippen molar-refractivity contribution >= 4 is 5.91 Å². The molecule has 3 N–H and O–H groups in total. The van der Waals surface area contributed by atoms with E-state index in [2.05, 4.69) is 0 Å². The molecule has 0 spiro atoms. The number of aromatic hydroxyl groups is 1. The normalized spacial score (nSPS) is 17.0. The first-order valence-corrected chi connectivity index (χ1v) is 6.38. The predicted octanol–water partition coefficient (Wildman–Crippen LogP) is 1.27. The molecule has 1 aliphatic carbocycles. The lowest BCUT2D eigenvalue weighted by molar-refractivity contribution is -0.134. The van der Waals surface area contributed by atoms with Gasteiger partial charge in [0.1, 0.15) is 5.75 Å². The highest BCUT2D eigenvalue weighted by Gasteiger charge is 2.28. The van der Waals surface area contributed by atoms with Crippen LogP contribution >= 0.6 is 0 Å². The molecule has 0 bridgehead atoms. The third kappa shape index (κ3) is 2.82. The summed E-state index contributed by atoms with van der Waals surface area (Å²) < 4.78 is 0. The average Bonchev–Trinajstić information content (AvgIpc) is 2.28. The Balaban J connectivity index is 1.92. The van der Waals surface area contributed by atoms with Crippen LogP contribution in [0.3, 0.4) is 0 Å². The Bertz CT molecular complexity index is 412. The molecule has 1 saturated carbocycles. The summed E-state index contributed by atoms with van der Waals surface area (Å²) in [7, 11) is 1.84. The number of rotatable bonds is 4. The van der Waals surface area contributed by atoms with Gasteiger partial charge in [0, 0.05) is 13.1 Å². The lowest BCUT2D eigenvalue weighted by Gasteiger charge is -2.36. The van der Waals surface area contributed by atoms with Gasteiger partial charge in [-0.2, -0.15) is 0 Å². The van der Waals surface area contributed by atoms with Gasteiger partial charge in [0.05, 0.1) is 6.04 Å². The number of nitrogens with zero attached hydrogens (tertiary/aromatic N) is 1. The van der Waals surface area contributed by atoms with Gasteiger partial charge in [-0.3, -0.25) is 4.79 Å². The van der Waals surface area contributed by atoms with Crippen LogP contribution in [-0.2, 0) is 11.2 Å². The van der Waals surface area contributed by atoms with Crippen LogP contribution in [0.1, 0.15) is 24.8 Å². The molecule has 1 aromatic rings. The van der Waals surface area contributed by atoms with Crippen LogP contribution in [-0.4, -0.2) is 35.0 Å². The number of phenolic OH excluding ortho intramolecular Hbond substituents is 1. The highest BCUT2D eigenvalue weighted by atomic mass is 16.3. The summed E-state index contributed by atoms with van der Waals surface area (Å²) in [5.41, 5.74) is 6.92. The molecule has 0 aliphatic heterocycles. The van der Waals surface area contributed by atoms with Gasteiger partial charge in [-0.05, 0) is 43.4 Å². The molecule has 0 radical (unpaired) electrons. The zero-order valence-corrected chi connectivity index (χ0v) is 10.7. The maximum atomic E-state index is 12.1. The summed E-state index contributed by atoms with van der Waals surface area (Å²) in [6.07, 6.45) is 3.90. The van der Waals surface area contributed by atoms with Crippen molar-refractivity contribution in [2.24, 2.45) is 5.73 Å². The van der Waals surface area contributed by atoms with Crippen molar-refractivity contribution in [2.45, 2.75) is 37.8 Å². The summed E-state index contributed by atoms with van der Waals surface area (Å²) in [4.78, 5) is 13.9. The molecular weight excluding hydrogens is 228 g/mol.